The summed E-state index contributed by atoms with van der Waals surface area (Å²) in [4.78, 5) is 12.6. The minimum absolute atomic E-state index is 0.0757. The van der Waals surface area contributed by atoms with Crippen LogP contribution in [0.2, 0.25) is 0 Å². The van der Waals surface area contributed by atoms with Gasteiger partial charge in [-0.3, -0.25) is 0 Å². The highest BCUT2D eigenvalue weighted by Crippen LogP contribution is 2.29. The number of rotatable bonds is 15. The van der Waals surface area contributed by atoms with Crippen molar-refractivity contribution >= 4 is 17.6 Å². The highest BCUT2D eigenvalue weighted by Gasteiger charge is 2.15. The van der Waals surface area contributed by atoms with Gasteiger partial charge in [0.2, 0.25) is 6.29 Å². The molecule has 0 fully saturated rings. The Hall–Kier alpha value is -4.05. The van der Waals surface area contributed by atoms with E-state index in [0.717, 1.165) is 0 Å². The fourth-order valence-electron chi connectivity index (χ4n) is 3.64. The third-order valence-electron chi connectivity index (χ3n) is 5.72. The summed E-state index contributed by atoms with van der Waals surface area (Å²) in [6.07, 6.45) is 0.444. The number of esters is 1. The van der Waals surface area contributed by atoms with Crippen LogP contribution in [0.4, 0.5) is 0 Å². The maximum Gasteiger partial charge on any atom is 0.338 e. The van der Waals surface area contributed by atoms with E-state index in [9.17, 15) is 9.90 Å². The van der Waals surface area contributed by atoms with Gasteiger partial charge >= 0.3 is 5.97 Å². The van der Waals surface area contributed by atoms with Gasteiger partial charge in [0.05, 0.1) is 33.4 Å². The average molecular weight is 538 g/mol. The number of hydrogen-bond donors (Lipinski definition) is 2. The van der Waals surface area contributed by atoms with E-state index in [1.807, 2.05) is 30.3 Å². The second-order valence-corrected chi connectivity index (χ2v) is 8.40. The fraction of sp³-hybridized carbons (Fsp3) is 0.300. The Kier molecular flexibility index (Phi) is 11.6. The van der Waals surface area contributed by atoms with Crippen LogP contribution >= 0.6 is 0 Å². The lowest BCUT2D eigenvalue weighted by atomic mass is 10.0. The molecule has 0 amide bonds. The third-order valence-corrected chi connectivity index (χ3v) is 5.72. The van der Waals surface area contributed by atoms with Crippen LogP contribution in [0.3, 0.4) is 0 Å². The third kappa shape index (κ3) is 9.03. The van der Waals surface area contributed by atoms with E-state index in [4.69, 9.17) is 28.4 Å². The Morgan fingerprint density at radius 2 is 1.59 bits per heavy atom. The summed E-state index contributed by atoms with van der Waals surface area (Å²) in [6.45, 7) is 0.750. The predicted octanol–water partition coefficient (Wildman–Crippen LogP) is 3.80. The van der Waals surface area contributed by atoms with E-state index in [1.54, 1.807) is 69.9 Å². The van der Waals surface area contributed by atoms with E-state index in [1.165, 1.54) is 7.11 Å². The van der Waals surface area contributed by atoms with Crippen molar-refractivity contribution in [3.05, 3.63) is 83.9 Å². The van der Waals surface area contributed by atoms with Crippen molar-refractivity contribution in [3.8, 4) is 23.0 Å². The molecule has 2 atom stereocenters. The molecule has 0 bridgehead atoms. The van der Waals surface area contributed by atoms with Crippen molar-refractivity contribution in [2.75, 3.05) is 48.1 Å². The number of aliphatic hydroxyl groups is 1. The Balaban J connectivity index is 1.56. The molecule has 0 saturated heterocycles. The Bertz CT molecular complexity index is 1200. The normalized spacial score (nSPS) is 12.8. The summed E-state index contributed by atoms with van der Waals surface area (Å²) in [5, 5.41) is 13.4. The van der Waals surface area contributed by atoms with Gasteiger partial charge in [0.15, 0.2) is 0 Å². The van der Waals surface area contributed by atoms with Crippen molar-refractivity contribution in [2.24, 2.45) is 0 Å². The van der Waals surface area contributed by atoms with Crippen LogP contribution in [0.5, 0.6) is 23.0 Å². The van der Waals surface area contributed by atoms with Crippen molar-refractivity contribution in [1.82, 2.24) is 5.32 Å². The molecule has 9 heteroatoms. The first kappa shape index (κ1) is 29.5. The predicted molar refractivity (Wildman–Crippen MR) is 148 cm³/mol. The molecule has 0 spiro atoms. The molecule has 3 rings (SSSR count). The Labute approximate surface area is 228 Å². The summed E-state index contributed by atoms with van der Waals surface area (Å²) in [6, 6.07) is 21.7. The molecule has 2 unspecified atom stereocenters. The molecule has 39 heavy (non-hydrogen) atoms. The van der Waals surface area contributed by atoms with Gasteiger partial charge in [0.1, 0.15) is 35.7 Å². The molecule has 9 nitrogen and oxygen atoms in total. The van der Waals surface area contributed by atoms with Gasteiger partial charge in [-0.15, -0.1) is 0 Å². The van der Waals surface area contributed by atoms with Crippen molar-refractivity contribution in [1.29, 1.82) is 0 Å². The zero-order chi connectivity index (χ0) is 28.0. The number of nitrogens with one attached hydrogen (secondary N) is 1. The smallest absolute Gasteiger partial charge is 0.338 e. The van der Waals surface area contributed by atoms with Crippen LogP contribution in [0.1, 0.15) is 11.1 Å². The topological polar surface area (TPSA) is 105 Å². The van der Waals surface area contributed by atoms with E-state index in [-0.39, 0.29) is 13.2 Å². The summed E-state index contributed by atoms with van der Waals surface area (Å²) >= 11 is 0. The molecule has 0 aliphatic rings. The molecule has 2 N–H and O–H groups in total. The first-order valence-corrected chi connectivity index (χ1v) is 12.4. The second-order valence-electron chi connectivity index (χ2n) is 8.40. The molecule has 0 aromatic heterocycles. The summed E-state index contributed by atoms with van der Waals surface area (Å²) in [5.74, 6) is 1.95. The fourth-order valence-corrected chi connectivity index (χ4v) is 3.64. The molecular formula is C30H35NO8. The minimum atomic E-state index is -0.757. The van der Waals surface area contributed by atoms with E-state index < -0.39 is 18.4 Å². The maximum absolute atomic E-state index is 12.6. The van der Waals surface area contributed by atoms with Crippen LogP contribution in [0.25, 0.3) is 11.6 Å². The number of hydrogen-bond acceptors (Lipinski definition) is 9. The van der Waals surface area contributed by atoms with E-state index >= 15 is 0 Å². The first-order chi connectivity index (χ1) is 19.0. The van der Waals surface area contributed by atoms with Crippen molar-refractivity contribution in [2.45, 2.75) is 12.4 Å². The zero-order valence-corrected chi connectivity index (χ0v) is 22.6. The largest absolute Gasteiger partial charge is 0.497 e. The Morgan fingerprint density at radius 1 is 0.872 bits per heavy atom. The summed E-state index contributed by atoms with van der Waals surface area (Å²) < 4.78 is 32.5. The minimum Gasteiger partial charge on any atom is -0.497 e. The van der Waals surface area contributed by atoms with Gasteiger partial charge in [-0.25, -0.2) is 4.79 Å². The lowest BCUT2D eigenvalue weighted by Crippen LogP contribution is -2.38. The van der Waals surface area contributed by atoms with E-state index in [2.05, 4.69) is 5.32 Å². The first-order valence-electron chi connectivity index (χ1n) is 12.4. The quantitative estimate of drug-likeness (QED) is 0.130. The van der Waals surface area contributed by atoms with Crippen molar-refractivity contribution < 1.29 is 38.3 Å². The maximum atomic E-state index is 12.6. The Morgan fingerprint density at radius 3 is 2.23 bits per heavy atom. The van der Waals surface area contributed by atoms with E-state index in [0.29, 0.717) is 46.2 Å². The van der Waals surface area contributed by atoms with Crippen LogP contribution in [0, 0.1) is 0 Å². The van der Waals surface area contributed by atoms with Crippen LogP contribution < -0.4 is 24.3 Å². The van der Waals surface area contributed by atoms with Crippen LogP contribution in [-0.2, 0) is 14.3 Å². The number of carbonyl (C=O) groups excluding carboxylic acids is 1. The zero-order valence-electron chi connectivity index (χ0n) is 22.6. The molecule has 3 aromatic carbocycles. The molecule has 3 aromatic rings. The number of ether oxygens (including phenoxy) is 6. The highest BCUT2D eigenvalue weighted by molar-refractivity contribution is 6.21. The van der Waals surface area contributed by atoms with Gasteiger partial charge in [-0.2, -0.15) is 0 Å². The van der Waals surface area contributed by atoms with Crippen LogP contribution in [0.15, 0.2) is 72.8 Å². The average Bonchev–Trinajstić information content (AvgIpc) is 2.98. The summed E-state index contributed by atoms with van der Waals surface area (Å²) in [5.41, 5.74) is 1.68. The van der Waals surface area contributed by atoms with Crippen molar-refractivity contribution in [3.63, 3.8) is 0 Å². The molecule has 208 valence electrons. The number of para-hydroxylation sites is 1. The lowest BCUT2D eigenvalue weighted by Gasteiger charge is -2.19. The number of carbonyl (C=O) groups is 1. The molecule has 0 aliphatic carbocycles. The van der Waals surface area contributed by atoms with Gasteiger partial charge in [0, 0.05) is 25.3 Å². The SMILES string of the molecule is COC(=O)C(=Cc1ccc(OC)cc1OC)c1ccc(OCC(O)CNCC(OC)Oc2ccccc2)cc1. The molecular weight excluding hydrogens is 502 g/mol. The lowest BCUT2D eigenvalue weighted by molar-refractivity contribution is -0.133. The monoisotopic (exact) mass is 537 g/mol. The van der Waals surface area contributed by atoms with Gasteiger partial charge in [-0.1, -0.05) is 30.3 Å². The molecule has 0 saturated carbocycles. The number of aliphatic hydroxyl groups excluding tert-OH is 1. The standard InChI is InChI=1S/C30H35NO8/c1-34-26-15-12-22(28(17-26)35-2)16-27(30(33)37-4)21-10-13-24(14-11-21)38-20-23(32)18-31-19-29(36-3)39-25-8-6-5-7-9-25/h5-17,23,29,31-32H,18-20H2,1-4H3. The molecule has 0 radical (unpaired) electrons. The van der Waals surface area contributed by atoms with Gasteiger partial charge in [0.25, 0.3) is 0 Å². The van der Waals surface area contributed by atoms with Crippen LogP contribution in [-0.4, -0.2) is 71.6 Å². The summed E-state index contributed by atoms with van der Waals surface area (Å²) in [7, 11) is 6.01. The number of benzene rings is 3. The van der Waals surface area contributed by atoms with Gasteiger partial charge < -0.3 is 38.8 Å². The second kappa shape index (κ2) is 15.4. The van der Waals surface area contributed by atoms with Gasteiger partial charge in [-0.05, 0) is 48.0 Å². The highest BCUT2D eigenvalue weighted by atomic mass is 16.7. The molecule has 0 heterocycles. The number of methoxy groups -OCH3 is 4. The molecule has 0 aliphatic heterocycles.